The van der Waals surface area contributed by atoms with Gasteiger partial charge in [0, 0.05) is 12.7 Å². The first-order valence-electron chi connectivity index (χ1n) is 8.07. The second kappa shape index (κ2) is 6.89. The van der Waals surface area contributed by atoms with Gasteiger partial charge in [0.1, 0.15) is 5.82 Å². The molecule has 0 spiro atoms. The Hall–Kier alpha value is -0.930. The fourth-order valence-corrected chi connectivity index (χ4v) is 3.53. The molecule has 118 valence electrons. The molecule has 0 heterocycles. The highest BCUT2D eigenvalue weighted by molar-refractivity contribution is 5.29. The van der Waals surface area contributed by atoms with Crippen LogP contribution in [0.1, 0.15) is 56.7 Å². The van der Waals surface area contributed by atoms with Crippen molar-refractivity contribution in [3.05, 3.63) is 35.1 Å². The summed E-state index contributed by atoms with van der Waals surface area (Å²) in [6.45, 7) is 7.16. The van der Waals surface area contributed by atoms with Crippen LogP contribution in [0.5, 0.6) is 0 Å². The summed E-state index contributed by atoms with van der Waals surface area (Å²) in [5.74, 6) is 0.597. The van der Waals surface area contributed by atoms with E-state index in [1.54, 1.807) is 13.2 Å². The Morgan fingerprint density at radius 1 is 1.38 bits per heavy atom. The van der Waals surface area contributed by atoms with E-state index < -0.39 is 0 Å². The lowest BCUT2D eigenvalue weighted by atomic mass is 9.73. The smallest absolute Gasteiger partial charge is 0.128 e. The number of aryl methyl sites for hydroxylation is 1. The standard InChI is InChI=1S/C18H28FNO/c1-5-20-17(15-12-14(3)6-7-16(15)19)18(21-4)10-8-13(2)9-11-18/h6-7,12-13,17,20H,5,8-11H2,1-4H3. The summed E-state index contributed by atoms with van der Waals surface area (Å²) in [7, 11) is 1.77. The van der Waals surface area contributed by atoms with Crippen molar-refractivity contribution < 1.29 is 9.13 Å². The molecule has 1 atom stereocenters. The Balaban J connectivity index is 2.38. The van der Waals surface area contributed by atoms with E-state index in [4.69, 9.17) is 4.74 Å². The average Bonchev–Trinajstić information content (AvgIpc) is 2.49. The summed E-state index contributed by atoms with van der Waals surface area (Å²) in [6, 6.07) is 5.27. The first-order chi connectivity index (χ1) is 10.0. The van der Waals surface area contributed by atoms with Gasteiger partial charge in [-0.05, 0) is 51.1 Å². The molecule has 0 saturated heterocycles. The third-order valence-corrected chi connectivity index (χ3v) is 4.92. The number of ether oxygens (including phenoxy) is 1. The van der Waals surface area contributed by atoms with Crippen LogP contribution in [-0.2, 0) is 4.74 Å². The minimum atomic E-state index is -0.294. The van der Waals surface area contributed by atoms with Crippen molar-refractivity contribution >= 4 is 0 Å². The van der Waals surface area contributed by atoms with Gasteiger partial charge in [0.25, 0.3) is 0 Å². The highest BCUT2D eigenvalue weighted by Crippen LogP contribution is 2.43. The van der Waals surface area contributed by atoms with Crippen molar-refractivity contribution in [3.63, 3.8) is 0 Å². The fraction of sp³-hybridized carbons (Fsp3) is 0.667. The molecule has 1 aliphatic rings. The summed E-state index contributed by atoms with van der Waals surface area (Å²) in [4.78, 5) is 0. The monoisotopic (exact) mass is 293 g/mol. The zero-order valence-electron chi connectivity index (χ0n) is 13.7. The van der Waals surface area contributed by atoms with Gasteiger partial charge in [-0.1, -0.05) is 31.5 Å². The van der Waals surface area contributed by atoms with Gasteiger partial charge in [-0.15, -0.1) is 0 Å². The highest BCUT2D eigenvalue weighted by Gasteiger charge is 2.42. The maximum absolute atomic E-state index is 14.4. The lowest BCUT2D eigenvalue weighted by Gasteiger charge is -2.44. The van der Waals surface area contributed by atoms with Gasteiger partial charge in [-0.2, -0.15) is 0 Å². The number of benzene rings is 1. The Morgan fingerprint density at radius 3 is 2.62 bits per heavy atom. The summed E-state index contributed by atoms with van der Waals surface area (Å²) in [5, 5.41) is 3.48. The third-order valence-electron chi connectivity index (χ3n) is 4.92. The number of likely N-dealkylation sites (N-methyl/N-ethyl adjacent to an activating group) is 1. The molecular weight excluding hydrogens is 265 g/mol. The van der Waals surface area contributed by atoms with Crippen molar-refractivity contribution in [2.24, 2.45) is 5.92 Å². The largest absolute Gasteiger partial charge is 0.376 e. The molecule has 2 nitrogen and oxygen atoms in total. The normalized spacial score (nSPS) is 27.6. The zero-order chi connectivity index (χ0) is 15.5. The molecule has 1 saturated carbocycles. The average molecular weight is 293 g/mol. The molecule has 21 heavy (non-hydrogen) atoms. The predicted octanol–water partition coefficient (Wildman–Crippen LogP) is 4.38. The highest BCUT2D eigenvalue weighted by atomic mass is 19.1. The van der Waals surface area contributed by atoms with E-state index in [0.29, 0.717) is 0 Å². The molecule has 0 radical (unpaired) electrons. The molecule has 0 bridgehead atoms. The molecule has 1 aromatic carbocycles. The van der Waals surface area contributed by atoms with Gasteiger partial charge in [0.15, 0.2) is 0 Å². The molecule has 0 amide bonds. The lowest BCUT2D eigenvalue weighted by molar-refractivity contribution is -0.0764. The minimum absolute atomic E-state index is 0.0834. The third kappa shape index (κ3) is 3.46. The Labute approximate surface area is 128 Å². The van der Waals surface area contributed by atoms with Gasteiger partial charge >= 0.3 is 0 Å². The first-order valence-corrected chi connectivity index (χ1v) is 8.07. The van der Waals surface area contributed by atoms with Crippen LogP contribution in [0.15, 0.2) is 18.2 Å². The number of rotatable bonds is 5. The number of hydrogen-bond donors (Lipinski definition) is 1. The van der Waals surface area contributed by atoms with Crippen molar-refractivity contribution in [2.45, 2.75) is 58.1 Å². The van der Waals surface area contributed by atoms with Crippen LogP contribution >= 0.6 is 0 Å². The van der Waals surface area contributed by atoms with Crippen molar-refractivity contribution in [2.75, 3.05) is 13.7 Å². The van der Waals surface area contributed by atoms with Crippen LogP contribution in [0, 0.1) is 18.7 Å². The topological polar surface area (TPSA) is 21.3 Å². The Morgan fingerprint density at radius 2 is 2.05 bits per heavy atom. The Kier molecular flexibility index (Phi) is 5.39. The van der Waals surface area contributed by atoms with Crippen molar-refractivity contribution in [3.8, 4) is 0 Å². The van der Waals surface area contributed by atoms with E-state index in [0.717, 1.165) is 49.3 Å². The molecule has 1 N–H and O–H groups in total. The van der Waals surface area contributed by atoms with Crippen LogP contribution in [0.3, 0.4) is 0 Å². The van der Waals surface area contributed by atoms with E-state index in [2.05, 4.69) is 19.2 Å². The van der Waals surface area contributed by atoms with Gasteiger partial charge < -0.3 is 10.1 Å². The van der Waals surface area contributed by atoms with Crippen LogP contribution in [0.4, 0.5) is 4.39 Å². The van der Waals surface area contributed by atoms with E-state index in [1.165, 1.54) is 0 Å². The summed E-state index contributed by atoms with van der Waals surface area (Å²) in [6.07, 6.45) is 4.25. The zero-order valence-corrected chi connectivity index (χ0v) is 13.7. The molecule has 1 unspecified atom stereocenters. The molecule has 1 aliphatic carbocycles. The van der Waals surface area contributed by atoms with Crippen LogP contribution < -0.4 is 5.32 Å². The second-order valence-corrected chi connectivity index (χ2v) is 6.47. The van der Waals surface area contributed by atoms with Crippen LogP contribution in [0.2, 0.25) is 0 Å². The lowest BCUT2D eigenvalue weighted by Crippen LogP contribution is -2.48. The molecule has 0 aliphatic heterocycles. The van der Waals surface area contributed by atoms with Gasteiger partial charge in [0.2, 0.25) is 0 Å². The predicted molar refractivity (Wildman–Crippen MR) is 84.9 cm³/mol. The molecule has 1 fully saturated rings. The second-order valence-electron chi connectivity index (χ2n) is 6.47. The van der Waals surface area contributed by atoms with Gasteiger partial charge in [-0.3, -0.25) is 0 Å². The van der Waals surface area contributed by atoms with Gasteiger partial charge in [0.05, 0.1) is 11.6 Å². The molecule has 0 aromatic heterocycles. The summed E-state index contributed by atoms with van der Waals surface area (Å²) in [5.41, 5.74) is 1.54. The first kappa shape index (κ1) is 16.4. The maximum Gasteiger partial charge on any atom is 0.128 e. The summed E-state index contributed by atoms with van der Waals surface area (Å²) < 4.78 is 20.3. The number of methoxy groups -OCH3 is 1. The minimum Gasteiger partial charge on any atom is -0.376 e. The quantitative estimate of drug-likeness (QED) is 0.870. The van der Waals surface area contributed by atoms with E-state index in [9.17, 15) is 4.39 Å². The van der Waals surface area contributed by atoms with Crippen LogP contribution in [0.25, 0.3) is 0 Å². The van der Waals surface area contributed by atoms with Crippen LogP contribution in [-0.4, -0.2) is 19.3 Å². The summed E-state index contributed by atoms with van der Waals surface area (Å²) >= 11 is 0. The van der Waals surface area contributed by atoms with E-state index in [-0.39, 0.29) is 17.5 Å². The van der Waals surface area contributed by atoms with E-state index >= 15 is 0 Å². The van der Waals surface area contributed by atoms with Crippen molar-refractivity contribution in [1.82, 2.24) is 5.32 Å². The van der Waals surface area contributed by atoms with E-state index in [1.807, 2.05) is 19.1 Å². The Bertz CT molecular complexity index is 466. The molecular formula is C18H28FNO. The maximum atomic E-state index is 14.4. The van der Waals surface area contributed by atoms with Crippen molar-refractivity contribution in [1.29, 1.82) is 0 Å². The fourth-order valence-electron chi connectivity index (χ4n) is 3.53. The SMILES string of the molecule is CCNC(c1cc(C)ccc1F)C1(OC)CCC(C)CC1. The molecule has 2 rings (SSSR count). The number of halogens is 1. The molecule has 3 heteroatoms. The number of nitrogens with one attached hydrogen (secondary N) is 1. The van der Waals surface area contributed by atoms with Gasteiger partial charge in [-0.25, -0.2) is 4.39 Å². The number of hydrogen-bond acceptors (Lipinski definition) is 2. The molecule has 1 aromatic rings.